The molecule has 23 heavy (non-hydrogen) atoms. The minimum absolute atomic E-state index is 0.0950. The van der Waals surface area contributed by atoms with Gasteiger partial charge in [-0.2, -0.15) is 13.2 Å². The van der Waals surface area contributed by atoms with Gasteiger partial charge in [-0.25, -0.2) is 4.79 Å². The molecule has 1 aromatic rings. The number of carbonyl (C=O) groups excluding carboxylic acids is 2. The lowest BCUT2D eigenvalue weighted by atomic mass is 10.2. The number of anilines is 1. The Hall–Kier alpha value is -2.25. The number of ether oxygens (including phenoxy) is 2. The average Bonchev–Trinajstić information content (AvgIpc) is 2.41. The molecule has 0 aliphatic heterocycles. The number of alkyl halides is 3. The van der Waals surface area contributed by atoms with Crippen LogP contribution in [0.15, 0.2) is 24.3 Å². The smallest absolute Gasteiger partial charge is 0.451 e. The van der Waals surface area contributed by atoms with E-state index in [9.17, 15) is 22.8 Å². The van der Waals surface area contributed by atoms with Crippen molar-refractivity contribution in [1.82, 2.24) is 0 Å². The minimum atomic E-state index is -5.03. The molecule has 8 heteroatoms. The van der Waals surface area contributed by atoms with Gasteiger partial charge >= 0.3 is 12.3 Å². The Morgan fingerprint density at radius 3 is 2.00 bits per heavy atom. The zero-order chi connectivity index (χ0) is 17.8. The Bertz CT molecular complexity index is 562. The van der Waals surface area contributed by atoms with Gasteiger partial charge in [0.15, 0.2) is 0 Å². The van der Waals surface area contributed by atoms with E-state index in [0.717, 1.165) is 0 Å². The molecule has 0 saturated carbocycles. The fraction of sp³-hybridized carbons (Fsp3) is 0.467. The Morgan fingerprint density at radius 2 is 1.61 bits per heavy atom. The third-order valence-electron chi connectivity index (χ3n) is 2.62. The molecule has 1 amide bonds. The van der Waals surface area contributed by atoms with Crippen LogP contribution in [0.5, 0.6) is 5.75 Å². The largest absolute Gasteiger partial charge is 0.497 e. The van der Waals surface area contributed by atoms with Crippen LogP contribution in [0.3, 0.4) is 0 Å². The molecule has 1 aromatic carbocycles. The van der Waals surface area contributed by atoms with Gasteiger partial charge < -0.3 is 9.47 Å². The Morgan fingerprint density at radius 1 is 1.09 bits per heavy atom. The van der Waals surface area contributed by atoms with Crippen molar-refractivity contribution in [2.75, 3.05) is 18.6 Å². The van der Waals surface area contributed by atoms with Crippen LogP contribution in [0.1, 0.15) is 20.8 Å². The normalized spacial score (nSPS) is 11.8. The fourth-order valence-electron chi connectivity index (χ4n) is 1.57. The van der Waals surface area contributed by atoms with E-state index in [4.69, 9.17) is 9.47 Å². The molecule has 0 N–H and O–H groups in total. The second-order valence-corrected chi connectivity index (χ2v) is 5.69. The third kappa shape index (κ3) is 5.80. The van der Waals surface area contributed by atoms with Gasteiger partial charge in [-0.05, 0) is 45.0 Å². The summed E-state index contributed by atoms with van der Waals surface area (Å²) in [5.41, 5.74) is -0.819. The van der Waals surface area contributed by atoms with Crippen LogP contribution in [0.4, 0.5) is 23.7 Å². The molecule has 0 radical (unpaired) electrons. The van der Waals surface area contributed by atoms with E-state index < -0.39 is 30.2 Å². The van der Waals surface area contributed by atoms with Crippen molar-refractivity contribution in [3.05, 3.63) is 24.3 Å². The molecule has 0 aliphatic carbocycles. The van der Waals surface area contributed by atoms with Crippen LogP contribution >= 0.6 is 0 Å². The molecule has 0 unspecified atom stereocenters. The first kappa shape index (κ1) is 18.8. The molecule has 0 saturated heterocycles. The average molecular weight is 333 g/mol. The number of carbonyl (C=O) groups is 2. The third-order valence-corrected chi connectivity index (χ3v) is 2.62. The lowest BCUT2D eigenvalue weighted by molar-refractivity contribution is -0.169. The summed E-state index contributed by atoms with van der Waals surface area (Å²) < 4.78 is 47.5. The number of nitrogens with zero attached hydrogens (tertiary/aromatic N) is 1. The van der Waals surface area contributed by atoms with E-state index in [-0.39, 0.29) is 5.69 Å². The van der Waals surface area contributed by atoms with Gasteiger partial charge in [-0.3, -0.25) is 9.69 Å². The van der Waals surface area contributed by atoms with Crippen molar-refractivity contribution in [3.8, 4) is 5.75 Å². The predicted octanol–water partition coefficient (Wildman–Crippen LogP) is 3.57. The molecular weight excluding hydrogens is 315 g/mol. The van der Waals surface area contributed by atoms with Gasteiger partial charge in [0.1, 0.15) is 11.4 Å². The summed E-state index contributed by atoms with van der Waals surface area (Å²) in [6, 6.07) is 5.66. The van der Waals surface area contributed by atoms with E-state index in [1.54, 1.807) is 20.8 Å². The summed E-state index contributed by atoms with van der Waals surface area (Å²) in [4.78, 5) is 24.0. The van der Waals surface area contributed by atoms with Gasteiger partial charge in [0.05, 0.1) is 13.7 Å². The number of methoxy groups -OCH3 is 1. The van der Waals surface area contributed by atoms with Crippen molar-refractivity contribution in [2.45, 2.75) is 32.5 Å². The molecule has 0 heterocycles. The maximum atomic E-state index is 12.5. The molecule has 0 spiro atoms. The van der Waals surface area contributed by atoms with Gasteiger partial charge in [0.25, 0.3) is 5.78 Å². The first-order valence-electron chi connectivity index (χ1n) is 6.68. The monoisotopic (exact) mass is 333 g/mol. The van der Waals surface area contributed by atoms with Crippen molar-refractivity contribution in [3.63, 3.8) is 0 Å². The molecule has 0 atom stereocenters. The zero-order valence-corrected chi connectivity index (χ0v) is 13.2. The summed E-state index contributed by atoms with van der Waals surface area (Å²) in [6.45, 7) is 3.55. The molecule has 0 fully saturated rings. The summed E-state index contributed by atoms with van der Waals surface area (Å²) in [5, 5.41) is 0. The van der Waals surface area contributed by atoms with Crippen molar-refractivity contribution < 1.29 is 32.2 Å². The van der Waals surface area contributed by atoms with E-state index in [2.05, 4.69) is 0 Å². The summed E-state index contributed by atoms with van der Waals surface area (Å²) in [5.74, 6) is -1.58. The zero-order valence-electron chi connectivity index (χ0n) is 13.2. The number of rotatable bonds is 4. The van der Waals surface area contributed by atoms with Gasteiger partial charge in [-0.1, -0.05) is 0 Å². The van der Waals surface area contributed by atoms with Crippen LogP contribution in [-0.4, -0.2) is 37.3 Å². The predicted molar refractivity (Wildman–Crippen MR) is 77.6 cm³/mol. The minimum Gasteiger partial charge on any atom is -0.497 e. The molecule has 0 aromatic heterocycles. The maximum absolute atomic E-state index is 12.5. The Kier molecular flexibility index (Phi) is 5.63. The second-order valence-electron chi connectivity index (χ2n) is 5.69. The van der Waals surface area contributed by atoms with Gasteiger partial charge in [0, 0.05) is 5.69 Å². The topological polar surface area (TPSA) is 55.8 Å². The van der Waals surface area contributed by atoms with Crippen LogP contribution in [-0.2, 0) is 9.53 Å². The van der Waals surface area contributed by atoms with Crippen molar-refractivity contribution in [2.24, 2.45) is 0 Å². The number of halogens is 3. The standard InChI is InChI=1S/C15H18F3NO4/c1-14(2,3)23-13(21)19(9-12(20)15(16,17)18)10-5-7-11(22-4)8-6-10/h5-8H,9H2,1-4H3. The first-order chi connectivity index (χ1) is 10.4. The van der Waals surface area contributed by atoms with Crippen molar-refractivity contribution in [1.29, 1.82) is 0 Å². The highest BCUT2D eigenvalue weighted by molar-refractivity contribution is 5.97. The number of hydrogen-bond donors (Lipinski definition) is 0. The second kappa shape index (κ2) is 6.89. The molecule has 0 bridgehead atoms. The SMILES string of the molecule is COc1ccc(N(CC(=O)C(F)(F)F)C(=O)OC(C)(C)C)cc1. The van der Waals surface area contributed by atoms with E-state index >= 15 is 0 Å². The lowest BCUT2D eigenvalue weighted by Gasteiger charge is -2.27. The highest BCUT2D eigenvalue weighted by atomic mass is 19.4. The number of hydrogen-bond acceptors (Lipinski definition) is 4. The highest BCUT2D eigenvalue weighted by Gasteiger charge is 2.40. The number of benzene rings is 1. The van der Waals surface area contributed by atoms with Crippen LogP contribution in [0.25, 0.3) is 0 Å². The number of amides is 1. The molecule has 128 valence electrons. The molecule has 5 nitrogen and oxygen atoms in total. The highest BCUT2D eigenvalue weighted by Crippen LogP contribution is 2.24. The van der Waals surface area contributed by atoms with E-state index in [1.807, 2.05) is 0 Å². The summed E-state index contributed by atoms with van der Waals surface area (Å²) in [6.07, 6.45) is -6.08. The van der Waals surface area contributed by atoms with E-state index in [0.29, 0.717) is 10.6 Å². The lowest BCUT2D eigenvalue weighted by Crippen LogP contribution is -2.43. The van der Waals surface area contributed by atoms with Crippen LogP contribution in [0.2, 0.25) is 0 Å². The summed E-state index contributed by atoms with van der Waals surface area (Å²) in [7, 11) is 1.42. The summed E-state index contributed by atoms with van der Waals surface area (Å²) >= 11 is 0. The van der Waals surface area contributed by atoms with Crippen LogP contribution < -0.4 is 9.64 Å². The van der Waals surface area contributed by atoms with Crippen molar-refractivity contribution >= 4 is 17.6 Å². The number of Topliss-reactive ketones (excluding diaryl/α,β-unsaturated/α-hetero) is 1. The quantitative estimate of drug-likeness (QED) is 0.845. The molecular formula is C15H18F3NO4. The maximum Gasteiger partial charge on any atom is 0.451 e. The van der Waals surface area contributed by atoms with Gasteiger partial charge in [-0.15, -0.1) is 0 Å². The Balaban J connectivity index is 3.09. The van der Waals surface area contributed by atoms with E-state index in [1.165, 1.54) is 31.4 Å². The Labute approximate surface area is 132 Å². The molecule has 0 aliphatic rings. The molecule has 1 rings (SSSR count). The fourth-order valence-corrected chi connectivity index (χ4v) is 1.57. The van der Waals surface area contributed by atoms with Crippen LogP contribution in [0, 0.1) is 0 Å². The first-order valence-corrected chi connectivity index (χ1v) is 6.68. The van der Waals surface area contributed by atoms with Gasteiger partial charge in [0.2, 0.25) is 0 Å². The number of ketones is 1.